The molecular formula is C17H30O3. The van der Waals surface area contributed by atoms with E-state index in [0.717, 1.165) is 24.3 Å². The lowest BCUT2D eigenvalue weighted by molar-refractivity contribution is -0.137. The summed E-state index contributed by atoms with van der Waals surface area (Å²) in [7, 11) is 0. The van der Waals surface area contributed by atoms with E-state index in [9.17, 15) is 4.79 Å². The molecule has 0 aromatic heterocycles. The van der Waals surface area contributed by atoms with Gasteiger partial charge in [0, 0.05) is 6.08 Å². The van der Waals surface area contributed by atoms with Crippen molar-refractivity contribution >= 4 is 5.97 Å². The van der Waals surface area contributed by atoms with Crippen LogP contribution in [0.2, 0.25) is 0 Å². The Bertz CT molecular complexity index is 344. The highest BCUT2D eigenvalue weighted by Gasteiger charge is 2.46. The van der Waals surface area contributed by atoms with Gasteiger partial charge in [-0.3, -0.25) is 0 Å². The first-order valence-electron chi connectivity index (χ1n) is 7.87. The molecule has 1 heterocycles. The molecule has 0 radical (unpaired) electrons. The second kappa shape index (κ2) is 7.82. The maximum Gasteiger partial charge on any atom is 0.330 e. The summed E-state index contributed by atoms with van der Waals surface area (Å²) in [4.78, 5) is 11.3. The van der Waals surface area contributed by atoms with Crippen LogP contribution in [-0.2, 0) is 14.3 Å². The molecule has 1 fully saturated rings. The second-order valence-corrected chi connectivity index (χ2v) is 6.53. The molecule has 0 N–H and O–H groups in total. The molecule has 1 rings (SSSR count). The van der Waals surface area contributed by atoms with Gasteiger partial charge in [-0.25, -0.2) is 4.79 Å². The van der Waals surface area contributed by atoms with Crippen LogP contribution >= 0.6 is 0 Å². The van der Waals surface area contributed by atoms with Crippen LogP contribution in [0.25, 0.3) is 0 Å². The first-order chi connectivity index (χ1) is 9.35. The van der Waals surface area contributed by atoms with Gasteiger partial charge in [-0.05, 0) is 59.3 Å². The zero-order valence-corrected chi connectivity index (χ0v) is 13.7. The standard InChI is InChI=1S/C17H30O3/c1-6-19-16(18)12-14(3)9-7-8-13(2)10-11-15-17(4,5)20-15/h12-13,15H,6-11H2,1-5H3. The lowest BCUT2D eigenvalue weighted by atomic mass is 9.94. The summed E-state index contributed by atoms with van der Waals surface area (Å²) >= 11 is 0. The number of epoxide rings is 1. The van der Waals surface area contributed by atoms with Crippen molar-refractivity contribution in [3.63, 3.8) is 0 Å². The monoisotopic (exact) mass is 282 g/mol. The Morgan fingerprint density at radius 3 is 2.60 bits per heavy atom. The summed E-state index contributed by atoms with van der Waals surface area (Å²) in [6.07, 6.45) is 7.82. The summed E-state index contributed by atoms with van der Waals surface area (Å²) in [6.45, 7) is 10.9. The van der Waals surface area contributed by atoms with Crippen molar-refractivity contribution in [2.45, 2.75) is 78.4 Å². The Labute approximate surface area is 123 Å². The van der Waals surface area contributed by atoms with Gasteiger partial charge in [0.15, 0.2) is 0 Å². The lowest BCUT2D eigenvalue weighted by Crippen LogP contribution is -2.05. The van der Waals surface area contributed by atoms with Crippen molar-refractivity contribution in [2.75, 3.05) is 6.61 Å². The molecule has 0 saturated carbocycles. The van der Waals surface area contributed by atoms with Crippen molar-refractivity contribution in [1.82, 2.24) is 0 Å². The normalized spacial score (nSPS) is 22.4. The molecule has 2 atom stereocenters. The van der Waals surface area contributed by atoms with Gasteiger partial charge in [0.2, 0.25) is 0 Å². The maximum absolute atomic E-state index is 11.3. The topological polar surface area (TPSA) is 38.8 Å². The molecule has 1 saturated heterocycles. The average molecular weight is 282 g/mol. The molecule has 0 spiro atoms. The van der Waals surface area contributed by atoms with Gasteiger partial charge in [0.1, 0.15) is 0 Å². The second-order valence-electron chi connectivity index (χ2n) is 6.53. The zero-order valence-electron chi connectivity index (χ0n) is 13.7. The average Bonchev–Trinajstić information content (AvgIpc) is 2.94. The number of ether oxygens (including phenoxy) is 2. The number of hydrogen-bond acceptors (Lipinski definition) is 3. The fourth-order valence-electron chi connectivity index (χ4n) is 2.51. The highest BCUT2D eigenvalue weighted by molar-refractivity contribution is 5.82. The minimum Gasteiger partial charge on any atom is -0.463 e. The van der Waals surface area contributed by atoms with Crippen LogP contribution in [0.1, 0.15) is 66.7 Å². The molecule has 2 unspecified atom stereocenters. The van der Waals surface area contributed by atoms with E-state index in [2.05, 4.69) is 20.8 Å². The number of esters is 1. The van der Waals surface area contributed by atoms with Crippen LogP contribution in [0.15, 0.2) is 11.6 Å². The fraction of sp³-hybridized carbons (Fsp3) is 0.824. The van der Waals surface area contributed by atoms with E-state index < -0.39 is 0 Å². The van der Waals surface area contributed by atoms with Crippen LogP contribution in [0.3, 0.4) is 0 Å². The quantitative estimate of drug-likeness (QED) is 0.360. The maximum atomic E-state index is 11.3. The molecule has 20 heavy (non-hydrogen) atoms. The molecule has 0 aliphatic carbocycles. The van der Waals surface area contributed by atoms with Gasteiger partial charge in [0.25, 0.3) is 0 Å². The molecule has 3 heteroatoms. The summed E-state index contributed by atoms with van der Waals surface area (Å²) in [6, 6.07) is 0. The number of rotatable bonds is 9. The number of hydrogen-bond donors (Lipinski definition) is 0. The van der Waals surface area contributed by atoms with Crippen molar-refractivity contribution in [3.8, 4) is 0 Å². The van der Waals surface area contributed by atoms with E-state index in [1.165, 1.54) is 19.3 Å². The first-order valence-corrected chi connectivity index (χ1v) is 7.87. The first kappa shape index (κ1) is 17.2. The summed E-state index contributed by atoms with van der Waals surface area (Å²) < 4.78 is 10.5. The van der Waals surface area contributed by atoms with E-state index in [4.69, 9.17) is 9.47 Å². The minimum absolute atomic E-state index is 0.124. The van der Waals surface area contributed by atoms with Gasteiger partial charge < -0.3 is 9.47 Å². The van der Waals surface area contributed by atoms with Crippen molar-refractivity contribution in [2.24, 2.45) is 5.92 Å². The lowest BCUT2D eigenvalue weighted by Gasteiger charge is -2.10. The van der Waals surface area contributed by atoms with Gasteiger partial charge in [-0.1, -0.05) is 18.9 Å². The number of carbonyl (C=O) groups excluding carboxylic acids is 1. The molecule has 1 aliphatic heterocycles. The van der Waals surface area contributed by atoms with E-state index in [0.29, 0.717) is 12.7 Å². The van der Waals surface area contributed by atoms with E-state index >= 15 is 0 Å². The third-order valence-electron chi connectivity index (χ3n) is 4.00. The highest BCUT2D eigenvalue weighted by atomic mass is 16.6. The molecule has 3 nitrogen and oxygen atoms in total. The van der Waals surface area contributed by atoms with Crippen molar-refractivity contribution in [3.05, 3.63) is 11.6 Å². The van der Waals surface area contributed by atoms with Gasteiger partial charge in [-0.2, -0.15) is 0 Å². The summed E-state index contributed by atoms with van der Waals surface area (Å²) in [5.74, 6) is 0.511. The molecule has 0 bridgehead atoms. The smallest absolute Gasteiger partial charge is 0.330 e. The Morgan fingerprint density at radius 1 is 1.40 bits per heavy atom. The predicted octanol–water partition coefficient (Wildman–Crippen LogP) is 4.26. The van der Waals surface area contributed by atoms with Crippen molar-refractivity contribution in [1.29, 1.82) is 0 Å². The van der Waals surface area contributed by atoms with Crippen LogP contribution < -0.4 is 0 Å². The van der Waals surface area contributed by atoms with Crippen LogP contribution in [0.5, 0.6) is 0 Å². The van der Waals surface area contributed by atoms with Gasteiger partial charge in [-0.15, -0.1) is 0 Å². The third kappa shape index (κ3) is 6.56. The van der Waals surface area contributed by atoms with E-state index in [1.807, 2.05) is 13.8 Å². The molecule has 116 valence electrons. The molecule has 0 amide bonds. The Kier molecular flexibility index (Phi) is 6.74. The number of carbonyl (C=O) groups is 1. The molecular weight excluding hydrogens is 252 g/mol. The van der Waals surface area contributed by atoms with Crippen molar-refractivity contribution < 1.29 is 14.3 Å². The summed E-state index contributed by atoms with van der Waals surface area (Å²) in [5, 5.41) is 0. The Morgan fingerprint density at radius 2 is 2.05 bits per heavy atom. The van der Waals surface area contributed by atoms with Gasteiger partial charge >= 0.3 is 5.97 Å². The van der Waals surface area contributed by atoms with E-state index in [-0.39, 0.29) is 11.6 Å². The van der Waals surface area contributed by atoms with Crippen LogP contribution in [0, 0.1) is 5.92 Å². The van der Waals surface area contributed by atoms with Crippen LogP contribution in [0.4, 0.5) is 0 Å². The summed E-state index contributed by atoms with van der Waals surface area (Å²) in [5.41, 5.74) is 1.24. The fourth-order valence-corrected chi connectivity index (χ4v) is 2.51. The van der Waals surface area contributed by atoms with Gasteiger partial charge in [0.05, 0.1) is 18.3 Å². The zero-order chi connectivity index (χ0) is 15.2. The number of allylic oxidation sites excluding steroid dienone is 1. The largest absolute Gasteiger partial charge is 0.463 e. The molecule has 0 aromatic carbocycles. The van der Waals surface area contributed by atoms with Crippen LogP contribution in [-0.4, -0.2) is 24.3 Å². The Balaban J connectivity index is 2.09. The Hall–Kier alpha value is -0.830. The molecule has 0 aromatic rings. The SMILES string of the molecule is CCOC(=O)C=C(C)CCCC(C)CCC1OC1(C)C. The molecule has 1 aliphatic rings. The predicted molar refractivity (Wildman–Crippen MR) is 81.6 cm³/mol. The third-order valence-corrected chi connectivity index (χ3v) is 4.00. The van der Waals surface area contributed by atoms with E-state index in [1.54, 1.807) is 6.08 Å². The highest BCUT2D eigenvalue weighted by Crippen LogP contribution is 2.39. The minimum atomic E-state index is -0.217.